The van der Waals surface area contributed by atoms with Gasteiger partial charge in [-0.15, -0.1) is 0 Å². The van der Waals surface area contributed by atoms with Gasteiger partial charge in [0.2, 0.25) is 5.91 Å². The van der Waals surface area contributed by atoms with Gasteiger partial charge in [-0.2, -0.15) is 0 Å². The molecule has 0 aliphatic heterocycles. The van der Waals surface area contributed by atoms with Crippen molar-refractivity contribution in [2.75, 3.05) is 6.54 Å². The minimum absolute atomic E-state index is 0.196. The summed E-state index contributed by atoms with van der Waals surface area (Å²) in [4.78, 5) is 16.5. The topological polar surface area (TPSA) is 46.4 Å². The van der Waals surface area contributed by atoms with Gasteiger partial charge in [-0.3, -0.25) is 4.79 Å². The molecule has 2 aromatic heterocycles. The number of nitrogens with one attached hydrogen (secondary N) is 1. The van der Waals surface area contributed by atoms with Crippen LogP contribution in [-0.2, 0) is 11.2 Å². The van der Waals surface area contributed by atoms with E-state index in [4.69, 9.17) is 0 Å². The van der Waals surface area contributed by atoms with E-state index in [1.807, 2.05) is 22.9 Å². The molecule has 1 aliphatic rings. The Balaban J connectivity index is 1.49. The van der Waals surface area contributed by atoms with Crippen molar-refractivity contribution in [2.45, 2.75) is 45.4 Å². The lowest BCUT2D eigenvalue weighted by Gasteiger charge is -2.08. The highest BCUT2D eigenvalue weighted by atomic mass is 16.1. The van der Waals surface area contributed by atoms with E-state index in [9.17, 15) is 4.79 Å². The van der Waals surface area contributed by atoms with E-state index in [0.717, 1.165) is 17.8 Å². The normalized spacial score (nSPS) is 15.7. The van der Waals surface area contributed by atoms with E-state index in [1.54, 1.807) is 0 Å². The molecule has 1 N–H and O–H groups in total. The Morgan fingerprint density at radius 2 is 2.24 bits per heavy atom. The van der Waals surface area contributed by atoms with Crippen LogP contribution >= 0.6 is 0 Å². The average molecular weight is 285 g/mol. The summed E-state index contributed by atoms with van der Waals surface area (Å²) in [6.07, 6.45) is 10.6. The van der Waals surface area contributed by atoms with E-state index in [-0.39, 0.29) is 5.91 Å². The van der Waals surface area contributed by atoms with Crippen molar-refractivity contribution in [3.63, 3.8) is 0 Å². The third kappa shape index (κ3) is 3.43. The van der Waals surface area contributed by atoms with Crippen LogP contribution in [0.25, 0.3) is 5.65 Å². The summed E-state index contributed by atoms with van der Waals surface area (Å²) in [6.45, 7) is 2.74. The van der Waals surface area contributed by atoms with E-state index < -0.39 is 0 Å². The molecule has 1 aliphatic carbocycles. The van der Waals surface area contributed by atoms with Gasteiger partial charge in [0, 0.05) is 31.8 Å². The summed E-state index contributed by atoms with van der Waals surface area (Å²) >= 11 is 0. The number of hydrogen-bond donors (Lipinski definition) is 1. The smallest absolute Gasteiger partial charge is 0.220 e. The summed E-state index contributed by atoms with van der Waals surface area (Å²) in [7, 11) is 0. The van der Waals surface area contributed by atoms with Crippen molar-refractivity contribution < 1.29 is 4.79 Å². The minimum atomic E-state index is 0.196. The van der Waals surface area contributed by atoms with Gasteiger partial charge in [-0.1, -0.05) is 18.9 Å². The minimum Gasteiger partial charge on any atom is -0.356 e. The Labute approximate surface area is 125 Å². The molecule has 0 radical (unpaired) electrons. The molecule has 1 amide bonds. The molecular weight excluding hydrogens is 262 g/mol. The molecule has 0 spiro atoms. The number of aryl methyl sites for hydroxylation is 1. The van der Waals surface area contributed by atoms with Crippen molar-refractivity contribution in [3.05, 3.63) is 35.8 Å². The number of rotatable bonds is 5. The zero-order chi connectivity index (χ0) is 14.7. The molecule has 0 unspecified atom stereocenters. The first kappa shape index (κ1) is 14.1. The Morgan fingerprint density at radius 1 is 1.43 bits per heavy atom. The van der Waals surface area contributed by atoms with Crippen LogP contribution in [0.2, 0.25) is 0 Å². The molecule has 1 fully saturated rings. The third-order valence-corrected chi connectivity index (χ3v) is 4.38. The average Bonchev–Trinajstić information content (AvgIpc) is 3.08. The summed E-state index contributed by atoms with van der Waals surface area (Å²) in [5.41, 5.74) is 3.21. The van der Waals surface area contributed by atoms with Gasteiger partial charge in [0.15, 0.2) is 0 Å². The zero-order valence-corrected chi connectivity index (χ0v) is 12.6. The number of fused-ring (bicyclic) bond motifs is 1. The number of aromatic nitrogens is 2. The maximum Gasteiger partial charge on any atom is 0.220 e. The first-order chi connectivity index (χ1) is 10.2. The monoisotopic (exact) mass is 285 g/mol. The van der Waals surface area contributed by atoms with Crippen molar-refractivity contribution in [2.24, 2.45) is 5.92 Å². The number of pyridine rings is 1. The highest BCUT2D eigenvalue weighted by Crippen LogP contribution is 2.27. The summed E-state index contributed by atoms with van der Waals surface area (Å²) in [5.74, 6) is 0.810. The number of nitrogens with zero attached hydrogens (tertiary/aromatic N) is 2. The molecule has 21 heavy (non-hydrogen) atoms. The molecule has 2 aromatic rings. The fourth-order valence-electron chi connectivity index (χ4n) is 3.20. The Bertz CT molecular complexity index is 626. The highest BCUT2D eigenvalue weighted by molar-refractivity contribution is 5.76. The number of hydrogen-bond acceptors (Lipinski definition) is 2. The van der Waals surface area contributed by atoms with Crippen LogP contribution in [0.3, 0.4) is 0 Å². The van der Waals surface area contributed by atoms with E-state index in [1.165, 1.54) is 31.2 Å². The predicted octanol–water partition coefficient (Wildman–Crippen LogP) is 2.88. The SMILES string of the molecule is Cc1cccn2cc(CCNC(=O)CC3CCCC3)nc12. The Kier molecular flexibility index (Phi) is 4.23. The van der Waals surface area contributed by atoms with Gasteiger partial charge in [0.25, 0.3) is 0 Å². The second-order valence-corrected chi connectivity index (χ2v) is 6.11. The van der Waals surface area contributed by atoms with Gasteiger partial charge in [0.1, 0.15) is 5.65 Å². The Hall–Kier alpha value is -1.84. The summed E-state index contributed by atoms with van der Waals surface area (Å²) in [5, 5.41) is 3.03. The first-order valence-corrected chi connectivity index (χ1v) is 7.92. The van der Waals surface area contributed by atoms with Crippen LogP contribution in [-0.4, -0.2) is 21.8 Å². The first-order valence-electron chi connectivity index (χ1n) is 7.92. The van der Waals surface area contributed by atoms with Gasteiger partial charge in [-0.05, 0) is 37.3 Å². The van der Waals surface area contributed by atoms with E-state index in [2.05, 4.69) is 23.3 Å². The maximum atomic E-state index is 11.9. The molecule has 4 nitrogen and oxygen atoms in total. The fraction of sp³-hybridized carbons (Fsp3) is 0.529. The molecule has 0 bridgehead atoms. The lowest BCUT2D eigenvalue weighted by molar-refractivity contribution is -0.121. The molecule has 4 heteroatoms. The lowest BCUT2D eigenvalue weighted by Crippen LogP contribution is -2.27. The number of amides is 1. The molecule has 1 saturated carbocycles. The maximum absolute atomic E-state index is 11.9. The van der Waals surface area contributed by atoms with Crippen LogP contribution in [0.4, 0.5) is 0 Å². The standard InChI is InChI=1S/C17H23N3O/c1-13-5-4-10-20-12-15(19-17(13)20)8-9-18-16(21)11-14-6-2-3-7-14/h4-5,10,12,14H,2-3,6-9,11H2,1H3,(H,18,21). The predicted molar refractivity (Wildman–Crippen MR) is 83.2 cm³/mol. The second-order valence-electron chi connectivity index (χ2n) is 6.11. The molecule has 3 rings (SSSR count). The number of carbonyl (C=O) groups excluding carboxylic acids is 1. The van der Waals surface area contributed by atoms with Gasteiger partial charge < -0.3 is 9.72 Å². The zero-order valence-electron chi connectivity index (χ0n) is 12.6. The summed E-state index contributed by atoms with van der Waals surface area (Å²) in [6, 6.07) is 4.09. The molecule has 0 atom stereocenters. The van der Waals surface area contributed by atoms with Gasteiger partial charge >= 0.3 is 0 Å². The van der Waals surface area contributed by atoms with E-state index >= 15 is 0 Å². The van der Waals surface area contributed by atoms with Gasteiger partial charge in [0.05, 0.1) is 5.69 Å². The largest absolute Gasteiger partial charge is 0.356 e. The number of carbonyl (C=O) groups is 1. The van der Waals surface area contributed by atoms with Crippen LogP contribution < -0.4 is 5.32 Å². The quantitative estimate of drug-likeness (QED) is 0.918. The van der Waals surface area contributed by atoms with Crippen LogP contribution in [0, 0.1) is 12.8 Å². The van der Waals surface area contributed by atoms with Crippen molar-refractivity contribution >= 4 is 11.6 Å². The third-order valence-electron chi connectivity index (χ3n) is 4.38. The van der Waals surface area contributed by atoms with Crippen molar-refractivity contribution in [3.8, 4) is 0 Å². The van der Waals surface area contributed by atoms with Crippen molar-refractivity contribution in [1.82, 2.24) is 14.7 Å². The van der Waals surface area contributed by atoms with Crippen LogP contribution in [0.15, 0.2) is 24.5 Å². The summed E-state index contributed by atoms with van der Waals surface area (Å²) < 4.78 is 2.05. The highest BCUT2D eigenvalue weighted by Gasteiger charge is 2.18. The second kappa shape index (κ2) is 6.29. The van der Waals surface area contributed by atoms with Crippen LogP contribution in [0.5, 0.6) is 0 Å². The lowest BCUT2D eigenvalue weighted by atomic mass is 10.0. The molecule has 0 saturated heterocycles. The molecule has 0 aromatic carbocycles. The fourth-order valence-corrected chi connectivity index (χ4v) is 3.20. The van der Waals surface area contributed by atoms with E-state index in [0.29, 0.717) is 18.9 Å². The van der Waals surface area contributed by atoms with Crippen LogP contribution in [0.1, 0.15) is 43.4 Å². The molecular formula is C17H23N3O. The van der Waals surface area contributed by atoms with Gasteiger partial charge in [-0.25, -0.2) is 4.98 Å². The molecule has 112 valence electrons. The molecule has 2 heterocycles. The number of imidazole rings is 1. The van der Waals surface area contributed by atoms with Crippen molar-refractivity contribution in [1.29, 1.82) is 0 Å². The Morgan fingerprint density at radius 3 is 3.00 bits per heavy atom.